The van der Waals surface area contributed by atoms with Gasteiger partial charge in [0.2, 0.25) is 5.91 Å². The van der Waals surface area contributed by atoms with Gasteiger partial charge >= 0.3 is 0 Å². The van der Waals surface area contributed by atoms with Gasteiger partial charge in [-0.05, 0) is 44.4 Å². The fourth-order valence-electron chi connectivity index (χ4n) is 3.99. The van der Waals surface area contributed by atoms with Crippen LogP contribution in [0.5, 0.6) is 0 Å². The largest absolute Gasteiger partial charge is 0.464 e. The average Bonchev–Trinajstić information content (AvgIpc) is 2.70. The van der Waals surface area contributed by atoms with Crippen LogP contribution in [0.25, 0.3) is 11.0 Å². The molecule has 0 aliphatic carbocycles. The predicted molar refractivity (Wildman–Crippen MR) is 118 cm³/mol. The molecule has 4 rings (SSSR count). The number of anilines is 1. The van der Waals surface area contributed by atoms with Crippen molar-refractivity contribution in [1.82, 2.24) is 4.90 Å². The first-order valence-electron chi connectivity index (χ1n) is 9.66. The van der Waals surface area contributed by atoms with E-state index in [0.717, 1.165) is 16.1 Å². The van der Waals surface area contributed by atoms with Gasteiger partial charge in [-0.2, -0.15) is 0 Å². The number of nitrogens with zero attached hydrogens (tertiary/aromatic N) is 2. The van der Waals surface area contributed by atoms with Crippen molar-refractivity contribution in [1.29, 1.82) is 0 Å². The summed E-state index contributed by atoms with van der Waals surface area (Å²) in [6, 6.07) is 13.6. The van der Waals surface area contributed by atoms with E-state index >= 15 is 0 Å². The van der Waals surface area contributed by atoms with Crippen LogP contribution in [0.15, 0.2) is 62.8 Å². The molecule has 1 aliphatic rings. The molecule has 1 amide bonds. The molecule has 1 aliphatic heterocycles. The SMILES string of the molecule is CSc1ccccc1N1C(=O)CN(Cc2coc3ccc(C)cc3c2=O)CC1C. The number of hydrogen-bond acceptors (Lipinski definition) is 5. The Kier molecular flexibility index (Phi) is 5.48. The van der Waals surface area contributed by atoms with Crippen molar-refractivity contribution in [2.24, 2.45) is 0 Å². The van der Waals surface area contributed by atoms with Crippen LogP contribution in [0, 0.1) is 6.92 Å². The molecule has 1 aromatic heterocycles. The van der Waals surface area contributed by atoms with E-state index in [2.05, 4.69) is 0 Å². The zero-order chi connectivity index (χ0) is 20.5. The molecule has 0 saturated carbocycles. The number of rotatable bonds is 4. The number of benzene rings is 2. The second kappa shape index (κ2) is 8.05. The van der Waals surface area contributed by atoms with Gasteiger partial charge in [-0.25, -0.2) is 0 Å². The molecule has 29 heavy (non-hydrogen) atoms. The first kappa shape index (κ1) is 19.7. The number of hydrogen-bond donors (Lipinski definition) is 0. The Morgan fingerprint density at radius 1 is 1.17 bits per heavy atom. The molecule has 5 nitrogen and oxygen atoms in total. The van der Waals surface area contributed by atoms with Gasteiger partial charge in [0.05, 0.1) is 23.9 Å². The number of thioether (sulfide) groups is 1. The smallest absolute Gasteiger partial charge is 0.241 e. The van der Waals surface area contributed by atoms with Gasteiger partial charge in [0.1, 0.15) is 5.58 Å². The van der Waals surface area contributed by atoms with Crippen LogP contribution in [0.4, 0.5) is 5.69 Å². The third-order valence-electron chi connectivity index (χ3n) is 5.33. The van der Waals surface area contributed by atoms with E-state index in [0.29, 0.717) is 29.6 Å². The van der Waals surface area contributed by atoms with E-state index < -0.39 is 0 Å². The van der Waals surface area contributed by atoms with E-state index in [-0.39, 0.29) is 23.9 Å². The lowest BCUT2D eigenvalue weighted by molar-refractivity contribution is -0.122. The second-order valence-corrected chi connectivity index (χ2v) is 8.39. The van der Waals surface area contributed by atoms with E-state index in [1.807, 2.05) is 72.4 Å². The van der Waals surface area contributed by atoms with E-state index in [4.69, 9.17) is 4.42 Å². The topological polar surface area (TPSA) is 53.8 Å². The number of aryl methyl sites for hydroxylation is 1. The minimum atomic E-state index is -0.0230. The third-order valence-corrected chi connectivity index (χ3v) is 6.11. The molecule has 1 atom stereocenters. The summed E-state index contributed by atoms with van der Waals surface area (Å²) in [5, 5.41) is 0.592. The Morgan fingerprint density at radius 2 is 1.97 bits per heavy atom. The number of carbonyl (C=O) groups is 1. The summed E-state index contributed by atoms with van der Waals surface area (Å²) in [5.41, 5.74) is 3.13. The van der Waals surface area contributed by atoms with E-state index in [1.165, 1.54) is 6.26 Å². The Labute approximate surface area is 174 Å². The predicted octanol–water partition coefficient (Wildman–Crippen LogP) is 4.06. The molecule has 2 aromatic carbocycles. The fraction of sp³-hybridized carbons (Fsp3) is 0.304. The van der Waals surface area contributed by atoms with Crippen molar-refractivity contribution in [2.75, 3.05) is 24.2 Å². The normalized spacial score (nSPS) is 17.8. The second-order valence-electron chi connectivity index (χ2n) is 7.54. The van der Waals surface area contributed by atoms with Gasteiger partial charge in [-0.1, -0.05) is 23.8 Å². The van der Waals surface area contributed by atoms with Gasteiger partial charge in [-0.3, -0.25) is 14.5 Å². The molecule has 150 valence electrons. The summed E-state index contributed by atoms with van der Waals surface area (Å²) in [5.74, 6) is 0.0475. The zero-order valence-electron chi connectivity index (χ0n) is 16.8. The minimum absolute atomic E-state index is 0.0132. The highest BCUT2D eigenvalue weighted by Crippen LogP contribution is 2.31. The first-order valence-corrected chi connectivity index (χ1v) is 10.9. The maximum atomic E-state index is 13.0. The van der Waals surface area contributed by atoms with Crippen LogP contribution >= 0.6 is 11.8 Å². The summed E-state index contributed by atoms with van der Waals surface area (Å²) < 4.78 is 5.67. The number of fused-ring (bicyclic) bond motifs is 1. The molecule has 6 heteroatoms. The molecular weight excluding hydrogens is 384 g/mol. The standard InChI is InChI=1S/C23H24N2O3S/c1-15-8-9-20-18(10-15)23(27)17(14-28-20)12-24-11-16(2)25(22(26)13-24)19-6-4-5-7-21(19)29-3/h4-10,14,16H,11-13H2,1-3H3. The molecule has 0 N–H and O–H groups in total. The van der Waals surface area contributed by atoms with E-state index in [9.17, 15) is 9.59 Å². The van der Waals surface area contributed by atoms with Crippen LogP contribution < -0.4 is 10.3 Å². The summed E-state index contributed by atoms with van der Waals surface area (Å²) in [6.45, 7) is 5.38. The van der Waals surface area contributed by atoms with Gasteiger partial charge in [0, 0.05) is 29.6 Å². The Bertz CT molecular complexity index is 1120. The molecule has 3 aromatic rings. The van der Waals surface area contributed by atoms with Crippen molar-refractivity contribution in [3.63, 3.8) is 0 Å². The molecule has 1 fully saturated rings. The highest BCUT2D eigenvalue weighted by atomic mass is 32.2. The monoisotopic (exact) mass is 408 g/mol. The number of para-hydroxylation sites is 1. The molecule has 2 heterocycles. The zero-order valence-corrected chi connectivity index (χ0v) is 17.7. The van der Waals surface area contributed by atoms with Crippen LogP contribution in [0.3, 0.4) is 0 Å². The van der Waals surface area contributed by atoms with Crippen LogP contribution in [-0.2, 0) is 11.3 Å². The molecule has 1 saturated heterocycles. The summed E-state index contributed by atoms with van der Waals surface area (Å²) >= 11 is 1.64. The maximum absolute atomic E-state index is 13.0. The molecular formula is C23H24N2O3S. The van der Waals surface area contributed by atoms with E-state index in [1.54, 1.807) is 11.8 Å². The summed E-state index contributed by atoms with van der Waals surface area (Å²) in [4.78, 5) is 30.9. The molecule has 0 radical (unpaired) electrons. The summed E-state index contributed by atoms with van der Waals surface area (Å²) in [7, 11) is 0. The van der Waals surface area contributed by atoms with Crippen LogP contribution in [-0.4, -0.2) is 36.2 Å². The first-order chi connectivity index (χ1) is 14.0. The highest BCUT2D eigenvalue weighted by Gasteiger charge is 2.32. The number of amides is 1. The Balaban J connectivity index is 1.57. The highest BCUT2D eigenvalue weighted by molar-refractivity contribution is 7.98. The lowest BCUT2D eigenvalue weighted by atomic mass is 10.1. The quantitative estimate of drug-likeness (QED) is 0.610. The van der Waals surface area contributed by atoms with Crippen molar-refractivity contribution in [2.45, 2.75) is 31.3 Å². The van der Waals surface area contributed by atoms with Crippen LogP contribution in [0.2, 0.25) is 0 Å². The average molecular weight is 409 g/mol. The number of piperazine rings is 1. The molecule has 1 unspecified atom stereocenters. The van der Waals surface area contributed by atoms with Crippen molar-refractivity contribution < 1.29 is 9.21 Å². The van der Waals surface area contributed by atoms with Crippen molar-refractivity contribution >= 4 is 34.3 Å². The molecule has 0 bridgehead atoms. The summed E-state index contributed by atoms with van der Waals surface area (Å²) in [6.07, 6.45) is 3.55. The Morgan fingerprint density at radius 3 is 2.72 bits per heavy atom. The van der Waals surface area contributed by atoms with Crippen molar-refractivity contribution in [3.8, 4) is 0 Å². The van der Waals surface area contributed by atoms with Gasteiger partial charge in [0.25, 0.3) is 0 Å². The fourth-order valence-corrected chi connectivity index (χ4v) is 4.58. The van der Waals surface area contributed by atoms with Gasteiger partial charge < -0.3 is 9.32 Å². The Hall–Kier alpha value is -2.57. The third kappa shape index (κ3) is 3.82. The van der Waals surface area contributed by atoms with Crippen molar-refractivity contribution in [3.05, 3.63) is 70.1 Å². The lowest BCUT2D eigenvalue weighted by Crippen LogP contribution is -2.55. The van der Waals surface area contributed by atoms with Gasteiger partial charge in [0.15, 0.2) is 5.43 Å². The minimum Gasteiger partial charge on any atom is -0.464 e. The van der Waals surface area contributed by atoms with Crippen LogP contribution in [0.1, 0.15) is 18.1 Å². The molecule has 0 spiro atoms. The van der Waals surface area contributed by atoms with Gasteiger partial charge in [-0.15, -0.1) is 11.8 Å². The lowest BCUT2D eigenvalue weighted by Gasteiger charge is -2.40. The number of carbonyl (C=O) groups excluding carboxylic acids is 1. The maximum Gasteiger partial charge on any atom is 0.241 e.